The van der Waals surface area contributed by atoms with Gasteiger partial charge in [-0.2, -0.15) is 0 Å². The van der Waals surface area contributed by atoms with Crippen LogP contribution in [0.5, 0.6) is 0 Å². The fourth-order valence-corrected chi connectivity index (χ4v) is 2.57. The molecule has 0 spiro atoms. The number of amides is 1. The van der Waals surface area contributed by atoms with Crippen LogP contribution in [0.2, 0.25) is 0 Å². The zero-order valence-corrected chi connectivity index (χ0v) is 12.6. The molecule has 1 rings (SSSR count). The van der Waals surface area contributed by atoms with Crippen LogP contribution in [0.3, 0.4) is 0 Å². The monoisotopic (exact) mass is 313 g/mol. The number of esters is 1. The van der Waals surface area contributed by atoms with Gasteiger partial charge in [0.05, 0.1) is 19.6 Å². The lowest BCUT2D eigenvalue weighted by Crippen LogP contribution is -2.29. The highest BCUT2D eigenvalue weighted by molar-refractivity contribution is 7.10. The Balaban J connectivity index is 2.46. The molecule has 1 unspecified atom stereocenters. The Bertz CT molecular complexity index is 472. The number of rotatable bonds is 9. The lowest BCUT2D eigenvalue weighted by atomic mass is 10.1. The van der Waals surface area contributed by atoms with Gasteiger partial charge in [-0.3, -0.25) is 14.4 Å². The zero-order chi connectivity index (χ0) is 15.7. The average molecular weight is 313 g/mol. The average Bonchev–Trinajstić information content (AvgIpc) is 2.96. The molecule has 0 aliphatic carbocycles. The number of carboxylic acid groups (broad SMARTS) is 1. The first-order valence-electron chi connectivity index (χ1n) is 6.64. The van der Waals surface area contributed by atoms with E-state index in [4.69, 9.17) is 5.11 Å². The number of ether oxygens (including phenoxy) is 1. The van der Waals surface area contributed by atoms with Crippen LogP contribution in [0, 0.1) is 0 Å². The minimum atomic E-state index is -0.863. The molecule has 2 N–H and O–H groups in total. The second-order valence-electron chi connectivity index (χ2n) is 4.52. The molecule has 0 fully saturated rings. The first-order valence-corrected chi connectivity index (χ1v) is 7.52. The fourth-order valence-electron chi connectivity index (χ4n) is 1.79. The highest BCUT2D eigenvalue weighted by Crippen LogP contribution is 2.22. The van der Waals surface area contributed by atoms with E-state index in [9.17, 15) is 14.4 Å². The van der Waals surface area contributed by atoms with E-state index < -0.39 is 12.0 Å². The molecule has 0 saturated carbocycles. The summed E-state index contributed by atoms with van der Waals surface area (Å²) in [7, 11) is 1.31. The highest BCUT2D eigenvalue weighted by atomic mass is 32.1. The van der Waals surface area contributed by atoms with Gasteiger partial charge in [-0.15, -0.1) is 11.3 Å². The number of carboxylic acids is 1. The van der Waals surface area contributed by atoms with Crippen LogP contribution < -0.4 is 5.32 Å². The van der Waals surface area contributed by atoms with Crippen molar-refractivity contribution >= 4 is 29.2 Å². The largest absolute Gasteiger partial charge is 0.481 e. The minimum Gasteiger partial charge on any atom is -0.481 e. The van der Waals surface area contributed by atoms with Crippen LogP contribution in [-0.4, -0.2) is 30.1 Å². The van der Waals surface area contributed by atoms with Crippen molar-refractivity contribution in [2.24, 2.45) is 0 Å². The van der Waals surface area contributed by atoms with E-state index >= 15 is 0 Å². The molecule has 0 radical (unpaired) electrons. The van der Waals surface area contributed by atoms with E-state index in [0.717, 1.165) is 4.88 Å². The number of thiophene rings is 1. The maximum absolute atomic E-state index is 11.9. The third kappa shape index (κ3) is 6.89. The van der Waals surface area contributed by atoms with E-state index in [1.54, 1.807) is 0 Å². The summed E-state index contributed by atoms with van der Waals surface area (Å²) in [4.78, 5) is 34.5. The van der Waals surface area contributed by atoms with Crippen molar-refractivity contribution in [2.45, 2.75) is 38.1 Å². The van der Waals surface area contributed by atoms with Gasteiger partial charge in [0, 0.05) is 17.7 Å². The van der Waals surface area contributed by atoms with Crippen LogP contribution in [-0.2, 0) is 19.1 Å². The number of aliphatic carboxylic acids is 1. The molecule has 0 saturated heterocycles. The Kier molecular flexibility index (Phi) is 7.45. The van der Waals surface area contributed by atoms with Gasteiger partial charge in [-0.05, 0) is 24.3 Å². The van der Waals surface area contributed by atoms with Gasteiger partial charge >= 0.3 is 11.9 Å². The summed E-state index contributed by atoms with van der Waals surface area (Å²) in [6.07, 6.45) is 1.36. The van der Waals surface area contributed by atoms with Crippen LogP contribution in [0.15, 0.2) is 17.5 Å². The summed E-state index contributed by atoms with van der Waals surface area (Å²) in [5, 5.41) is 13.2. The number of carbonyl (C=O) groups is 3. The van der Waals surface area contributed by atoms with Crippen molar-refractivity contribution in [1.29, 1.82) is 0 Å². The van der Waals surface area contributed by atoms with E-state index in [-0.39, 0.29) is 31.1 Å². The van der Waals surface area contributed by atoms with Gasteiger partial charge in [0.2, 0.25) is 5.91 Å². The number of unbranched alkanes of at least 4 members (excludes halogenated alkanes) is 1. The van der Waals surface area contributed by atoms with Gasteiger partial charge in [0.25, 0.3) is 0 Å². The quantitative estimate of drug-likeness (QED) is 0.538. The molecule has 0 bridgehead atoms. The molecule has 1 aromatic heterocycles. The second kappa shape index (κ2) is 9.12. The van der Waals surface area contributed by atoms with Crippen molar-refractivity contribution in [3.8, 4) is 0 Å². The molecular weight excluding hydrogens is 294 g/mol. The van der Waals surface area contributed by atoms with Crippen molar-refractivity contribution in [3.05, 3.63) is 22.4 Å². The number of hydrogen-bond donors (Lipinski definition) is 2. The lowest BCUT2D eigenvalue weighted by Gasteiger charge is -2.16. The molecule has 0 aliphatic rings. The molecular formula is C14H19NO5S. The van der Waals surface area contributed by atoms with E-state index in [1.165, 1.54) is 18.4 Å². The summed E-state index contributed by atoms with van der Waals surface area (Å²) in [6, 6.07) is 3.30. The number of carbonyl (C=O) groups excluding carboxylic acids is 2. The second-order valence-corrected chi connectivity index (χ2v) is 5.50. The van der Waals surface area contributed by atoms with Gasteiger partial charge in [-0.1, -0.05) is 6.07 Å². The van der Waals surface area contributed by atoms with Crippen molar-refractivity contribution in [2.75, 3.05) is 7.11 Å². The summed E-state index contributed by atoms with van der Waals surface area (Å²) >= 11 is 1.46. The molecule has 1 amide bonds. The molecule has 116 valence electrons. The van der Waals surface area contributed by atoms with Crippen LogP contribution in [0.25, 0.3) is 0 Å². The molecule has 0 aromatic carbocycles. The first kappa shape index (κ1) is 17.2. The summed E-state index contributed by atoms with van der Waals surface area (Å²) in [5.41, 5.74) is 0. The van der Waals surface area contributed by atoms with Crippen LogP contribution in [0.4, 0.5) is 0 Å². The number of nitrogens with one attached hydrogen (secondary N) is 1. The third-order valence-electron chi connectivity index (χ3n) is 2.86. The fraction of sp³-hybridized carbons (Fsp3) is 0.500. The van der Waals surface area contributed by atoms with Crippen molar-refractivity contribution in [1.82, 2.24) is 5.32 Å². The van der Waals surface area contributed by atoms with Gasteiger partial charge in [0.15, 0.2) is 0 Å². The Hall–Kier alpha value is -1.89. The summed E-state index contributed by atoms with van der Waals surface area (Å²) in [5.74, 6) is -1.44. The normalized spacial score (nSPS) is 11.7. The smallest absolute Gasteiger partial charge is 0.307 e. The summed E-state index contributed by atoms with van der Waals surface area (Å²) in [6.45, 7) is 0. The predicted octanol–water partition coefficient (Wildman–Crippen LogP) is 2.11. The predicted molar refractivity (Wildman–Crippen MR) is 77.9 cm³/mol. The maximum atomic E-state index is 11.9. The molecule has 0 aliphatic heterocycles. The van der Waals surface area contributed by atoms with E-state index in [0.29, 0.717) is 12.8 Å². The Morgan fingerprint density at radius 1 is 1.33 bits per heavy atom. The Morgan fingerprint density at radius 2 is 2.05 bits per heavy atom. The topological polar surface area (TPSA) is 92.7 Å². The SMILES string of the molecule is COC(=O)CC(NC(=O)CCCCC(=O)O)c1cccs1. The van der Waals surface area contributed by atoms with Crippen LogP contribution >= 0.6 is 11.3 Å². The molecule has 21 heavy (non-hydrogen) atoms. The number of methoxy groups -OCH3 is 1. The van der Waals surface area contributed by atoms with Crippen LogP contribution in [0.1, 0.15) is 43.0 Å². The van der Waals surface area contributed by atoms with E-state index in [1.807, 2.05) is 17.5 Å². The Morgan fingerprint density at radius 3 is 2.62 bits per heavy atom. The highest BCUT2D eigenvalue weighted by Gasteiger charge is 2.19. The van der Waals surface area contributed by atoms with E-state index in [2.05, 4.69) is 10.1 Å². The minimum absolute atomic E-state index is 0.0593. The maximum Gasteiger partial charge on any atom is 0.307 e. The number of hydrogen-bond acceptors (Lipinski definition) is 5. The van der Waals surface area contributed by atoms with Crippen molar-refractivity contribution in [3.63, 3.8) is 0 Å². The molecule has 1 atom stereocenters. The lowest BCUT2D eigenvalue weighted by molar-refractivity contribution is -0.141. The first-order chi connectivity index (χ1) is 10.0. The van der Waals surface area contributed by atoms with Crippen molar-refractivity contribution < 1.29 is 24.2 Å². The van der Waals surface area contributed by atoms with Gasteiger partial charge in [0.1, 0.15) is 0 Å². The molecule has 7 heteroatoms. The Labute approximate surface area is 127 Å². The third-order valence-corrected chi connectivity index (χ3v) is 3.85. The van der Waals surface area contributed by atoms with Gasteiger partial charge < -0.3 is 15.2 Å². The molecule has 1 aromatic rings. The standard InChI is InChI=1S/C14H19NO5S/c1-20-14(19)9-10(11-5-4-8-21-11)15-12(16)6-2-3-7-13(17)18/h4-5,8,10H,2-3,6-7,9H2,1H3,(H,15,16)(H,17,18). The summed E-state index contributed by atoms with van der Waals surface area (Å²) < 4.78 is 4.63. The van der Waals surface area contributed by atoms with Gasteiger partial charge in [-0.25, -0.2) is 0 Å². The molecule has 1 heterocycles. The zero-order valence-electron chi connectivity index (χ0n) is 11.8. The molecule has 6 nitrogen and oxygen atoms in total.